The van der Waals surface area contributed by atoms with Crippen molar-refractivity contribution in [2.24, 2.45) is 0 Å². The molecule has 1 amide bonds. The number of aromatic nitrogens is 2. The Labute approximate surface area is 119 Å². The van der Waals surface area contributed by atoms with Crippen LogP contribution in [-0.2, 0) is 0 Å². The Morgan fingerprint density at radius 2 is 2.26 bits per heavy atom. The van der Waals surface area contributed by atoms with E-state index in [9.17, 15) is 4.79 Å². The van der Waals surface area contributed by atoms with Crippen molar-refractivity contribution < 1.29 is 9.53 Å². The van der Waals surface area contributed by atoms with Gasteiger partial charge < -0.3 is 10.1 Å². The van der Waals surface area contributed by atoms with Crippen molar-refractivity contribution in [3.8, 4) is 11.6 Å². The Morgan fingerprint density at radius 3 is 2.89 bits per heavy atom. The first kappa shape index (κ1) is 13.6. The van der Waals surface area contributed by atoms with Gasteiger partial charge in [-0.2, -0.15) is 5.10 Å². The van der Waals surface area contributed by atoms with Crippen molar-refractivity contribution in [2.75, 3.05) is 13.7 Å². The molecule has 1 aromatic heterocycles. The first-order chi connectivity index (χ1) is 9.15. The molecule has 1 heterocycles. The van der Waals surface area contributed by atoms with Gasteiger partial charge in [0.1, 0.15) is 0 Å². The molecule has 0 saturated carbocycles. The molecule has 0 aliphatic heterocycles. The zero-order valence-electron chi connectivity index (χ0n) is 10.7. The summed E-state index contributed by atoms with van der Waals surface area (Å²) in [4.78, 5) is 11.8. The number of hydrogen-bond acceptors (Lipinski definition) is 3. The number of amides is 1. The lowest BCUT2D eigenvalue weighted by molar-refractivity contribution is 0.0950. The molecule has 1 N–H and O–H groups in total. The van der Waals surface area contributed by atoms with Crippen molar-refractivity contribution >= 4 is 21.8 Å². The first-order valence-corrected chi connectivity index (χ1v) is 6.63. The van der Waals surface area contributed by atoms with Crippen LogP contribution in [0.15, 0.2) is 34.8 Å². The predicted octanol–water partition coefficient (Wildman–Crippen LogP) is 2.39. The summed E-state index contributed by atoms with van der Waals surface area (Å²) in [5.41, 5.74) is 1.15. The van der Waals surface area contributed by atoms with Crippen molar-refractivity contribution in [3.05, 3.63) is 40.5 Å². The van der Waals surface area contributed by atoms with Crippen LogP contribution in [0.5, 0.6) is 5.88 Å². The minimum Gasteiger partial charge on any atom is -0.481 e. The number of hydrogen-bond donors (Lipinski definition) is 1. The molecule has 0 aliphatic carbocycles. The van der Waals surface area contributed by atoms with Crippen LogP contribution < -0.4 is 10.1 Å². The number of halogens is 1. The van der Waals surface area contributed by atoms with E-state index in [2.05, 4.69) is 26.3 Å². The van der Waals surface area contributed by atoms with E-state index in [1.165, 1.54) is 0 Å². The Kier molecular flexibility index (Phi) is 4.21. The normalized spacial score (nSPS) is 10.3. The van der Waals surface area contributed by atoms with E-state index in [1.807, 2.05) is 31.2 Å². The Morgan fingerprint density at radius 1 is 1.47 bits per heavy atom. The topological polar surface area (TPSA) is 56.1 Å². The van der Waals surface area contributed by atoms with Gasteiger partial charge in [0, 0.05) is 17.1 Å². The maximum Gasteiger partial charge on any atom is 0.271 e. The van der Waals surface area contributed by atoms with Gasteiger partial charge in [0.15, 0.2) is 5.69 Å². The van der Waals surface area contributed by atoms with E-state index < -0.39 is 0 Å². The minimum atomic E-state index is -0.213. The van der Waals surface area contributed by atoms with Gasteiger partial charge in [0.25, 0.3) is 5.91 Å². The van der Waals surface area contributed by atoms with Crippen LogP contribution in [-0.4, -0.2) is 29.3 Å². The molecule has 0 spiro atoms. The van der Waals surface area contributed by atoms with Crippen LogP contribution in [0.4, 0.5) is 0 Å². The molecule has 100 valence electrons. The molecule has 5 nitrogen and oxygen atoms in total. The highest BCUT2D eigenvalue weighted by Crippen LogP contribution is 2.21. The molecule has 2 rings (SSSR count). The molecule has 2 aromatic rings. The number of nitrogens with one attached hydrogen (secondary N) is 1. The fourth-order valence-corrected chi connectivity index (χ4v) is 2.05. The molecule has 0 atom stereocenters. The lowest BCUT2D eigenvalue weighted by Gasteiger charge is -2.05. The summed E-state index contributed by atoms with van der Waals surface area (Å²) in [6, 6.07) is 9.22. The number of nitrogens with zero attached hydrogens (tertiary/aromatic N) is 2. The van der Waals surface area contributed by atoms with Crippen LogP contribution in [0.25, 0.3) is 5.69 Å². The largest absolute Gasteiger partial charge is 0.481 e. The van der Waals surface area contributed by atoms with Crippen molar-refractivity contribution in [1.29, 1.82) is 0 Å². The minimum absolute atomic E-state index is 0.213. The molecular formula is C13H14BrN3O2. The molecule has 0 bridgehead atoms. The van der Waals surface area contributed by atoms with Gasteiger partial charge in [-0.15, -0.1) is 0 Å². The van der Waals surface area contributed by atoms with Gasteiger partial charge in [-0.05, 0) is 25.1 Å². The quantitative estimate of drug-likeness (QED) is 0.939. The highest BCUT2D eigenvalue weighted by Gasteiger charge is 2.15. The summed E-state index contributed by atoms with van der Waals surface area (Å²) in [6.07, 6.45) is 0. The predicted molar refractivity (Wildman–Crippen MR) is 75.8 cm³/mol. The lowest BCUT2D eigenvalue weighted by Crippen LogP contribution is -2.23. The number of benzene rings is 1. The Bertz CT molecular complexity index is 595. The molecule has 0 fully saturated rings. The van der Waals surface area contributed by atoms with Crippen LogP contribution in [0.2, 0.25) is 0 Å². The number of methoxy groups -OCH3 is 1. The second-order valence-electron chi connectivity index (χ2n) is 3.82. The van der Waals surface area contributed by atoms with Crippen LogP contribution in [0.3, 0.4) is 0 Å². The standard InChI is InChI=1S/C13H14BrN3O2/c1-3-15-13(18)11-8-12(19-2)17(16-11)10-6-4-5-9(14)7-10/h4-8H,3H2,1-2H3,(H,15,18). The fourth-order valence-electron chi connectivity index (χ4n) is 1.66. The third-order valence-corrected chi connectivity index (χ3v) is 3.00. The molecule has 0 saturated heterocycles. The average molecular weight is 324 g/mol. The van der Waals surface area contributed by atoms with Crippen LogP contribution in [0.1, 0.15) is 17.4 Å². The highest BCUT2D eigenvalue weighted by molar-refractivity contribution is 9.10. The molecule has 1 aromatic carbocycles. The van der Waals surface area contributed by atoms with E-state index in [0.29, 0.717) is 18.1 Å². The Balaban J connectivity index is 2.42. The van der Waals surface area contributed by atoms with Crippen molar-refractivity contribution in [3.63, 3.8) is 0 Å². The summed E-state index contributed by atoms with van der Waals surface area (Å²) >= 11 is 3.41. The molecule has 6 heteroatoms. The van der Waals surface area contributed by atoms with E-state index >= 15 is 0 Å². The third-order valence-electron chi connectivity index (χ3n) is 2.51. The second kappa shape index (κ2) is 5.88. The number of carbonyl (C=O) groups excluding carboxylic acids is 1. The smallest absolute Gasteiger partial charge is 0.271 e. The summed E-state index contributed by atoms with van der Waals surface area (Å²) in [5.74, 6) is 0.300. The Hall–Kier alpha value is -1.82. The second-order valence-corrected chi connectivity index (χ2v) is 4.74. The van der Waals surface area contributed by atoms with Crippen LogP contribution in [0, 0.1) is 0 Å². The summed E-state index contributed by atoms with van der Waals surface area (Å²) in [7, 11) is 1.55. The summed E-state index contributed by atoms with van der Waals surface area (Å²) in [5, 5.41) is 6.98. The summed E-state index contributed by atoms with van der Waals surface area (Å²) < 4.78 is 7.78. The van der Waals surface area contributed by atoms with Gasteiger partial charge in [-0.3, -0.25) is 4.79 Å². The highest BCUT2D eigenvalue weighted by atomic mass is 79.9. The van der Waals surface area contributed by atoms with E-state index in [4.69, 9.17) is 4.74 Å². The molecular weight excluding hydrogens is 310 g/mol. The fraction of sp³-hybridized carbons (Fsp3) is 0.231. The summed E-state index contributed by atoms with van der Waals surface area (Å²) in [6.45, 7) is 2.42. The van der Waals surface area contributed by atoms with Gasteiger partial charge in [-0.25, -0.2) is 4.68 Å². The monoisotopic (exact) mass is 323 g/mol. The molecule has 0 unspecified atom stereocenters. The number of ether oxygens (including phenoxy) is 1. The molecule has 19 heavy (non-hydrogen) atoms. The van der Waals surface area contributed by atoms with Gasteiger partial charge >= 0.3 is 0 Å². The van der Waals surface area contributed by atoms with E-state index in [1.54, 1.807) is 17.9 Å². The first-order valence-electron chi connectivity index (χ1n) is 5.84. The van der Waals surface area contributed by atoms with Gasteiger partial charge in [0.2, 0.25) is 5.88 Å². The van der Waals surface area contributed by atoms with Crippen molar-refractivity contribution in [1.82, 2.24) is 15.1 Å². The third kappa shape index (κ3) is 2.96. The maximum absolute atomic E-state index is 11.8. The zero-order valence-corrected chi connectivity index (χ0v) is 12.3. The molecule has 0 aliphatic rings. The number of rotatable bonds is 4. The number of carbonyl (C=O) groups is 1. The SMILES string of the molecule is CCNC(=O)c1cc(OC)n(-c2cccc(Br)c2)n1. The van der Waals surface area contributed by atoms with E-state index in [0.717, 1.165) is 10.2 Å². The van der Waals surface area contributed by atoms with Crippen molar-refractivity contribution in [2.45, 2.75) is 6.92 Å². The zero-order chi connectivity index (χ0) is 13.8. The van der Waals surface area contributed by atoms with Gasteiger partial charge in [0.05, 0.1) is 12.8 Å². The van der Waals surface area contributed by atoms with E-state index in [-0.39, 0.29) is 5.91 Å². The van der Waals surface area contributed by atoms with Gasteiger partial charge in [-0.1, -0.05) is 22.0 Å². The maximum atomic E-state index is 11.8. The lowest BCUT2D eigenvalue weighted by atomic mass is 10.3. The molecule has 0 radical (unpaired) electrons. The average Bonchev–Trinajstić information content (AvgIpc) is 2.83. The van der Waals surface area contributed by atoms with Crippen LogP contribution >= 0.6 is 15.9 Å².